The molecule has 0 radical (unpaired) electrons. The Balaban J connectivity index is 1.57. The van der Waals surface area contributed by atoms with Crippen LogP contribution in [0, 0.1) is 11.8 Å². The number of piperidine rings is 2. The van der Waals surface area contributed by atoms with Crippen LogP contribution >= 0.6 is 12.2 Å². The molecule has 0 aromatic carbocycles. The summed E-state index contributed by atoms with van der Waals surface area (Å²) in [5, 5.41) is 7.21. The van der Waals surface area contributed by atoms with Gasteiger partial charge in [0, 0.05) is 38.3 Å². The highest BCUT2D eigenvalue weighted by atomic mass is 32.1. The van der Waals surface area contributed by atoms with E-state index < -0.39 is 0 Å². The molecular formula is C20H32N6S. The molecule has 0 amide bonds. The Morgan fingerprint density at radius 2 is 1.52 bits per heavy atom. The van der Waals surface area contributed by atoms with Crippen molar-refractivity contribution < 1.29 is 0 Å². The van der Waals surface area contributed by atoms with Crippen molar-refractivity contribution in [3.05, 3.63) is 6.07 Å². The molecule has 2 N–H and O–H groups in total. The van der Waals surface area contributed by atoms with Gasteiger partial charge in [0.25, 0.3) is 0 Å². The van der Waals surface area contributed by atoms with E-state index in [0.29, 0.717) is 28.9 Å². The van der Waals surface area contributed by atoms with Crippen LogP contribution < -0.4 is 20.4 Å². The molecule has 1 aromatic heterocycles. The first-order valence-electron chi connectivity index (χ1n) is 10.5. The molecule has 2 aliphatic heterocycles. The Hall–Kier alpha value is -1.63. The zero-order chi connectivity index (χ0) is 18.8. The molecule has 2 atom stereocenters. The highest BCUT2D eigenvalue weighted by Crippen LogP contribution is 2.28. The van der Waals surface area contributed by atoms with Crippen LogP contribution in [0.25, 0.3) is 0 Å². The Bertz CT molecular complexity index is 636. The molecule has 1 aliphatic carbocycles. The van der Waals surface area contributed by atoms with E-state index in [0.717, 1.165) is 37.8 Å². The van der Waals surface area contributed by atoms with Gasteiger partial charge in [0.2, 0.25) is 5.95 Å². The molecular weight excluding hydrogens is 356 g/mol. The number of hydrogen-bond donors (Lipinski definition) is 2. The van der Waals surface area contributed by atoms with Crippen LogP contribution in [0.4, 0.5) is 17.6 Å². The predicted molar refractivity (Wildman–Crippen MR) is 116 cm³/mol. The molecule has 2 saturated heterocycles. The van der Waals surface area contributed by atoms with Gasteiger partial charge in [0.05, 0.1) is 0 Å². The van der Waals surface area contributed by atoms with E-state index >= 15 is 0 Å². The number of hydrogen-bond acceptors (Lipinski definition) is 5. The summed E-state index contributed by atoms with van der Waals surface area (Å²) in [5.74, 6) is 4.10. The SMILES string of the molecule is C[C@@H]1CCCN(c2cc(N3CCC[C@@H](C)C3)nc(NC(=S)NC3CC3)n2)C1. The lowest BCUT2D eigenvalue weighted by Gasteiger charge is -2.35. The fraction of sp³-hybridized carbons (Fsp3) is 0.750. The van der Waals surface area contributed by atoms with Crippen LogP contribution in [0.15, 0.2) is 6.07 Å². The van der Waals surface area contributed by atoms with Gasteiger partial charge < -0.3 is 20.4 Å². The third kappa shape index (κ3) is 5.00. The maximum atomic E-state index is 5.46. The Morgan fingerprint density at radius 1 is 0.963 bits per heavy atom. The van der Waals surface area contributed by atoms with Crippen LogP contribution in [-0.2, 0) is 0 Å². The minimum atomic E-state index is 0.526. The minimum absolute atomic E-state index is 0.526. The lowest BCUT2D eigenvalue weighted by atomic mass is 10.00. The number of nitrogens with one attached hydrogen (secondary N) is 2. The molecule has 3 heterocycles. The summed E-state index contributed by atoms with van der Waals surface area (Å²) in [4.78, 5) is 14.5. The molecule has 1 aromatic rings. The predicted octanol–water partition coefficient (Wildman–Crippen LogP) is 3.40. The first kappa shape index (κ1) is 18.7. The van der Waals surface area contributed by atoms with Gasteiger partial charge in [-0.2, -0.15) is 9.97 Å². The topological polar surface area (TPSA) is 56.3 Å². The molecule has 7 heteroatoms. The molecule has 4 rings (SSSR count). The fourth-order valence-corrected chi connectivity index (χ4v) is 4.41. The van der Waals surface area contributed by atoms with Crippen LogP contribution in [-0.4, -0.2) is 47.3 Å². The quantitative estimate of drug-likeness (QED) is 0.767. The van der Waals surface area contributed by atoms with Crippen molar-refractivity contribution in [2.75, 3.05) is 41.3 Å². The molecule has 3 fully saturated rings. The minimum Gasteiger partial charge on any atom is -0.360 e. The zero-order valence-electron chi connectivity index (χ0n) is 16.6. The van der Waals surface area contributed by atoms with E-state index in [2.05, 4.69) is 40.3 Å². The number of rotatable bonds is 4. The van der Waals surface area contributed by atoms with Gasteiger partial charge in [0.15, 0.2) is 5.11 Å². The Kier molecular flexibility index (Phi) is 5.66. The first-order chi connectivity index (χ1) is 13.1. The second-order valence-corrected chi connectivity index (χ2v) is 9.08. The van der Waals surface area contributed by atoms with Gasteiger partial charge in [-0.25, -0.2) is 0 Å². The van der Waals surface area contributed by atoms with Crippen molar-refractivity contribution in [3.63, 3.8) is 0 Å². The van der Waals surface area contributed by atoms with E-state index in [-0.39, 0.29) is 0 Å². The van der Waals surface area contributed by atoms with Crippen molar-refractivity contribution >= 4 is 34.9 Å². The van der Waals surface area contributed by atoms with Gasteiger partial charge in [-0.15, -0.1) is 0 Å². The molecule has 6 nitrogen and oxygen atoms in total. The lowest BCUT2D eigenvalue weighted by molar-refractivity contribution is 0.441. The highest BCUT2D eigenvalue weighted by Gasteiger charge is 2.24. The Labute approximate surface area is 168 Å². The highest BCUT2D eigenvalue weighted by molar-refractivity contribution is 7.80. The third-order valence-corrected chi connectivity index (χ3v) is 6.02. The monoisotopic (exact) mass is 388 g/mol. The second kappa shape index (κ2) is 8.17. The van der Waals surface area contributed by atoms with E-state index in [1.165, 1.54) is 38.5 Å². The standard InChI is InChI=1S/C20H32N6S/c1-14-5-3-9-25(12-14)17-11-18(26-10-4-6-15(2)13-26)23-19(22-17)24-20(27)21-16-7-8-16/h11,14-16H,3-10,12-13H2,1-2H3,(H2,21,22,23,24,27)/t14-,15-/m1/s1. The van der Waals surface area contributed by atoms with Gasteiger partial charge >= 0.3 is 0 Å². The first-order valence-corrected chi connectivity index (χ1v) is 10.9. The maximum Gasteiger partial charge on any atom is 0.232 e. The number of aromatic nitrogens is 2. The van der Waals surface area contributed by atoms with Gasteiger partial charge in [-0.3, -0.25) is 0 Å². The summed E-state index contributed by atoms with van der Waals surface area (Å²) in [6.07, 6.45) is 7.46. The van der Waals surface area contributed by atoms with E-state index in [1.54, 1.807) is 0 Å². The average molecular weight is 389 g/mol. The Morgan fingerprint density at radius 3 is 2.00 bits per heavy atom. The third-order valence-electron chi connectivity index (χ3n) is 5.80. The van der Waals surface area contributed by atoms with Crippen LogP contribution in [0.1, 0.15) is 52.4 Å². The summed E-state index contributed by atoms with van der Waals surface area (Å²) in [5.41, 5.74) is 0. The van der Waals surface area contributed by atoms with E-state index in [4.69, 9.17) is 22.2 Å². The second-order valence-electron chi connectivity index (χ2n) is 8.67. The van der Waals surface area contributed by atoms with Gasteiger partial charge in [-0.05, 0) is 62.6 Å². The number of thiocarbonyl (C=S) groups is 1. The molecule has 148 valence electrons. The summed E-state index contributed by atoms with van der Waals surface area (Å²) in [6.45, 7) is 8.93. The maximum absolute atomic E-state index is 5.46. The molecule has 0 unspecified atom stereocenters. The van der Waals surface area contributed by atoms with Crippen molar-refractivity contribution in [2.24, 2.45) is 11.8 Å². The van der Waals surface area contributed by atoms with Crippen LogP contribution in [0.2, 0.25) is 0 Å². The van der Waals surface area contributed by atoms with Gasteiger partial charge in [0.1, 0.15) is 11.6 Å². The molecule has 27 heavy (non-hydrogen) atoms. The normalized spacial score (nSPS) is 26.0. The molecule has 1 saturated carbocycles. The average Bonchev–Trinajstić information content (AvgIpc) is 3.45. The smallest absolute Gasteiger partial charge is 0.232 e. The number of nitrogens with zero attached hydrogens (tertiary/aromatic N) is 4. The van der Waals surface area contributed by atoms with E-state index in [1.807, 2.05) is 0 Å². The van der Waals surface area contributed by atoms with Gasteiger partial charge in [-0.1, -0.05) is 13.8 Å². The van der Waals surface area contributed by atoms with Crippen molar-refractivity contribution in [1.29, 1.82) is 0 Å². The van der Waals surface area contributed by atoms with Crippen molar-refractivity contribution in [2.45, 2.75) is 58.4 Å². The summed E-state index contributed by atoms with van der Waals surface area (Å²) >= 11 is 5.46. The fourth-order valence-electron chi connectivity index (χ4n) is 4.15. The zero-order valence-corrected chi connectivity index (χ0v) is 17.4. The largest absolute Gasteiger partial charge is 0.360 e. The lowest BCUT2D eigenvalue weighted by Crippen LogP contribution is -2.37. The molecule has 0 spiro atoms. The summed E-state index contributed by atoms with van der Waals surface area (Å²) < 4.78 is 0. The van der Waals surface area contributed by atoms with Crippen molar-refractivity contribution in [1.82, 2.24) is 15.3 Å². The summed E-state index contributed by atoms with van der Waals surface area (Å²) in [7, 11) is 0. The summed E-state index contributed by atoms with van der Waals surface area (Å²) in [6, 6.07) is 2.71. The number of anilines is 3. The van der Waals surface area contributed by atoms with Crippen molar-refractivity contribution in [3.8, 4) is 0 Å². The molecule has 3 aliphatic rings. The van der Waals surface area contributed by atoms with Crippen LogP contribution in [0.5, 0.6) is 0 Å². The van der Waals surface area contributed by atoms with E-state index in [9.17, 15) is 0 Å². The molecule has 0 bridgehead atoms. The van der Waals surface area contributed by atoms with Crippen LogP contribution in [0.3, 0.4) is 0 Å².